The van der Waals surface area contributed by atoms with Gasteiger partial charge in [-0.05, 0) is 0 Å². The highest BCUT2D eigenvalue weighted by molar-refractivity contribution is 7.09. The number of morpholine rings is 2. The van der Waals surface area contributed by atoms with E-state index in [1.165, 1.54) is 0 Å². The fourth-order valence-electron chi connectivity index (χ4n) is 2.86. The molecule has 2 aliphatic heterocycles. The summed E-state index contributed by atoms with van der Waals surface area (Å²) in [6.07, 6.45) is 0.364. The molecule has 1 aromatic heterocycles. The van der Waals surface area contributed by atoms with E-state index in [1.54, 1.807) is 11.3 Å². The Balaban J connectivity index is 1.35. The molecule has 2 aliphatic rings. The summed E-state index contributed by atoms with van der Waals surface area (Å²) in [6.45, 7) is 9.41. The lowest BCUT2D eigenvalue weighted by molar-refractivity contribution is -0.120. The van der Waals surface area contributed by atoms with Gasteiger partial charge in [-0.3, -0.25) is 14.6 Å². The Morgan fingerprint density at radius 2 is 1.79 bits per heavy atom. The van der Waals surface area contributed by atoms with Gasteiger partial charge in [0.1, 0.15) is 5.01 Å². The molecule has 0 atom stereocenters. The molecule has 24 heavy (non-hydrogen) atoms. The summed E-state index contributed by atoms with van der Waals surface area (Å²) in [5.74, 6) is 0.0477. The molecule has 0 unspecified atom stereocenters. The largest absolute Gasteiger partial charge is 0.379 e. The zero-order chi connectivity index (χ0) is 16.6. The first kappa shape index (κ1) is 17.8. The quantitative estimate of drug-likeness (QED) is 0.742. The zero-order valence-corrected chi connectivity index (χ0v) is 14.9. The van der Waals surface area contributed by atoms with Crippen LogP contribution >= 0.6 is 11.3 Å². The van der Waals surface area contributed by atoms with E-state index < -0.39 is 0 Å². The predicted molar refractivity (Wildman–Crippen MR) is 92.2 cm³/mol. The Kier molecular flexibility index (Phi) is 6.98. The van der Waals surface area contributed by atoms with Crippen molar-refractivity contribution < 1.29 is 14.3 Å². The number of nitrogens with one attached hydrogen (secondary N) is 1. The van der Waals surface area contributed by atoms with Crippen molar-refractivity contribution in [2.45, 2.75) is 13.0 Å². The highest BCUT2D eigenvalue weighted by Crippen LogP contribution is 2.13. The smallest absolute Gasteiger partial charge is 0.226 e. The van der Waals surface area contributed by atoms with Gasteiger partial charge in [-0.1, -0.05) is 0 Å². The Morgan fingerprint density at radius 1 is 1.12 bits per heavy atom. The number of hydrogen-bond donors (Lipinski definition) is 1. The molecule has 0 bridgehead atoms. The minimum absolute atomic E-state index is 0.0477. The second-order valence-corrected chi connectivity index (χ2v) is 7.04. The Morgan fingerprint density at radius 3 is 2.50 bits per heavy atom. The lowest BCUT2D eigenvalue weighted by Crippen LogP contribution is -2.41. The van der Waals surface area contributed by atoms with Crippen molar-refractivity contribution in [3.8, 4) is 0 Å². The normalized spacial score (nSPS) is 20.2. The minimum atomic E-state index is 0.0477. The van der Waals surface area contributed by atoms with E-state index in [9.17, 15) is 4.79 Å². The van der Waals surface area contributed by atoms with Crippen LogP contribution < -0.4 is 5.32 Å². The molecule has 8 heteroatoms. The van der Waals surface area contributed by atoms with E-state index in [-0.39, 0.29) is 5.91 Å². The van der Waals surface area contributed by atoms with Crippen LogP contribution in [0, 0.1) is 0 Å². The summed E-state index contributed by atoms with van der Waals surface area (Å²) < 4.78 is 10.7. The van der Waals surface area contributed by atoms with E-state index in [0.717, 1.165) is 76.4 Å². The van der Waals surface area contributed by atoms with Crippen LogP contribution in [0.3, 0.4) is 0 Å². The molecule has 7 nitrogen and oxygen atoms in total. The number of aromatic nitrogens is 1. The van der Waals surface area contributed by atoms with E-state index in [4.69, 9.17) is 9.47 Å². The molecule has 1 N–H and O–H groups in total. The third-order valence-electron chi connectivity index (χ3n) is 4.26. The number of thiazole rings is 1. The molecular formula is C16H26N4O3S. The summed E-state index contributed by atoms with van der Waals surface area (Å²) in [6, 6.07) is 0. The van der Waals surface area contributed by atoms with Gasteiger partial charge in [-0.25, -0.2) is 4.98 Å². The molecule has 0 saturated carbocycles. The molecule has 0 aliphatic carbocycles. The average Bonchev–Trinajstić information content (AvgIpc) is 3.03. The maximum Gasteiger partial charge on any atom is 0.226 e. The highest BCUT2D eigenvalue weighted by Gasteiger charge is 2.14. The second-order valence-electron chi connectivity index (χ2n) is 6.10. The van der Waals surface area contributed by atoms with Gasteiger partial charge in [0.05, 0.1) is 45.1 Å². The van der Waals surface area contributed by atoms with E-state index in [0.29, 0.717) is 13.0 Å². The van der Waals surface area contributed by atoms with Crippen LogP contribution in [0.4, 0.5) is 0 Å². The predicted octanol–water partition coefficient (Wildman–Crippen LogP) is -0.0338. The molecule has 1 aromatic rings. The van der Waals surface area contributed by atoms with Crippen LogP contribution in [0.15, 0.2) is 5.38 Å². The van der Waals surface area contributed by atoms with Crippen LogP contribution in [0.1, 0.15) is 10.7 Å². The fraction of sp³-hybridized carbons (Fsp3) is 0.750. The fourth-order valence-corrected chi connectivity index (χ4v) is 3.69. The SMILES string of the molecule is O=C(Cc1csc(CN2CCOCC2)n1)NCCN1CCOCC1. The Bertz CT molecular complexity index is 513. The maximum absolute atomic E-state index is 12.0. The number of amides is 1. The summed E-state index contributed by atoms with van der Waals surface area (Å²) in [5, 5.41) is 6.06. The van der Waals surface area contributed by atoms with Gasteiger partial charge < -0.3 is 14.8 Å². The van der Waals surface area contributed by atoms with Crippen molar-refractivity contribution in [3.05, 3.63) is 16.1 Å². The van der Waals surface area contributed by atoms with Crippen molar-refractivity contribution in [1.29, 1.82) is 0 Å². The number of carbonyl (C=O) groups excluding carboxylic acids is 1. The molecule has 0 spiro atoms. The maximum atomic E-state index is 12.0. The van der Waals surface area contributed by atoms with Crippen molar-refractivity contribution in [3.63, 3.8) is 0 Å². The lowest BCUT2D eigenvalue weighted by atomic mass is 10.3. The van der Waals surface area contributed by atoms with Gasteiger partial charge in [-0.2, -0.15) is 0 Å². The van der Waals surface area contributed by atoms with Crippen molar-refractivity contribution in [2.75, 3.05) is 65.7 Å². The molecule has 1 amide bonds. The van der Waals surface area contributed by atoms with Crippen molar-refractivity contribution in [1.82, 2.24) is 20.1 Å². The van der Waals surface area contributed by atoms with Gasteiger partial charge in [0.15, 0.2) is 0 Å². The van der Waals surface area contributed by atoms with Crippen LogP contribution in [-0.4, -0.2) is 86.4 Å². The van der Waals surface area contributed by atoms with Gasteiger partial charge in [-0.15, -0.1) is 11.3 Å². The monoisotopic (exact) mass is 354 g/mol. The summed E-state index contributed by atoms with van der Waals surface area (Å²) in [7, 11) is 0. The van der Waals surface area contributed by atoms with E-state index in [1.807, 2.05) is 5.38 Å². The number of ether oxygens (including phenoxy) is 2. The Hall–Kier alpha value is -1.06. The highest BCUT2D eigenvalue weighted by atomic mass is 32.1. The van der Waals surface area contributed by atoms with Crippen molar-refractivity contribution in [2.24, 2.45) is 0 Å². The van der Waals surface area contributed by atoms with Crippen LogP contribution in [0.5, 0.6) is 0 Å². The third kappa shape index (κ3) is 5.78. The van der Waals surface area contributed by atoms with Crippen LogP contribution in [0.2, 0.25) is 0 Å². The van der Waals surface area contributed by atoms with Gasteiger partial charge in [0, 0.05) is 44.6 Å². The van der Waals surface area contributed by atoms with Crippen LogP contribution in [-0.2, 0) is 27.2 Å². The lowest BCUT2D eigenvalue weighted by Gasteiger charge is -2.26. The molecule has 2 saturated heterocycles. The zero-order valence-electron chi connectivity index (χ0n) is 14.0. The van der Waals surface area contributed by atoms with E-state index >= 15 is 0 Å². The van der Waals surface area contributed by atoms with Gasteiger partial charge in [0.25, 0.3) is 0 Å². The Labute approximate surface area is 146 Å². The number of nitrogens with zero attached hydrogens (tertiary/aromatic N) is 3. The average molecular weight is 354 g/mol. The van der Waals surface area contributed by atoms with Crippen LogP contribution in [0.25, 0.3) is 0 Å². The molecule has 2 fully saturated rings. The number of rotatable bonds is 7. The van der Waals surface area contributed by atoms with Gasteiger partial charge in [0.2, 0.25) is 5.91 Å². The number of carbonyl (C=O) groups is 1. The van der Waals surface area contributed by atoms with Crippen molar-refractivity contribution >= 4 is 17.2 Å². The standard InChI is InChI=1S/C16H26N4O3S/c21-15(17-1-2-19-3-7-22-8-4-19)11-14-13-24-16(18-14)12-20-5-9-23-10-6-20/h13H,1-12H2,(H,17,21). The molecule has 134 valence electrons. The molecule has 3 heterocycles. The molecule has 0 radical (unpaired) electrons. The third-order valence-corrected chi connectivity index (χ3v) is 5.14. The second kappa shape index (κ2) is 9.43. The first-order valence-electron chi connectivity index (χ1n) is 8.60. The first-order chi connectivity index (χ1) is 11.8. The minimum Gasteiger partial charge on any atom is -0.379 e. The molecule has 3 rings (SSSR count). The summed E-state index contributed by atoms with van der Waals surface area (Å²) in [4.78, 5) is 21.3. The number of hydrogen-bond acceptors (Lipinski definition) is 7. The molecular weight excluding hydrogens is 328 g/mol. The van der Waals surface area contributed by atoms with E-state index in [2.05, 4.69) is 20.1 Å². The summed E-state index contributed by atoms with van der Waals surface area (Å²) >= 11 is 1.64. The summed E-state index contributed by atoms with van der Waals surface area (Å²) in [5.41, 5.74) is 0.868. The topological polar surface area (TPSA) is 66.9 Å². The van der Waals surface area contributed by atoms with Gasteiger partial charge >= 0.3 is 0 Å². The first-order valence-corrected chi connectivity index (χ1v) is 9.48. The molecule has 0 aromatic carbocycles.